The van der Waals surface area contributed by atoms with Crippen LogP contribution in [0.2, 0.25) is 0 Å². The van der Waals surface area contributed by atoms with Gasteiger partial charge in [-0.25, -0.2) is 4.39 Å². The van der Waals surface area contributed by atoms with Gasteiger partial charge in [-0.3, -0.25) is 5.41 Å². The number of halogens is 1. The second-order valence-corrected chi connectivity index (χ2v) is 3.72. The average molecular weight is 245 g/mol. The van der Waals surface area contributed by atoms with Gasteiger partial charge in [-0.05, 0) is 30.3 Å². The maximum absolute atomic E-state index is 12.9. The van der Waals surface area contributed by atoms with E-state index in [1.165, 1.54) is 18.3 Å². The first kappa shape index (κ1) is 12.0. The van der Waals surface area contributed by atoms with Crippen LogP contribution in [-0.2, 0) is 0 Å². The van der Waals surface area contributed by atoms with Gasteiger partial charge in [0.2, 0.25) is 0 Å². The molecule has 1 aromatic carbocycles. The summed E-state index contributed by atoms with van der Waals surface area (Å²) in [4.78, 5) is 1.70. The number of benzene rings is 1. The number of hydrogen-bond acceptors (Lipinski definition) is 4. The van der Waals surface area contributed by atoms with Crippen LogP contribution in [0.25, 0.3) is 0 Å². The fraction of sp³-hybridized carbons (Fsp3) is 0.0833. The Morgan fingerprint density at radius 3 is 2.56 bits per heavy atom. The lowest BCUT2D eigenvalue weighted by atomic mass is 10.2. The Bertz CT molecular complexity index is 567. The van der Waals surface area contributed by atoms with E-state index in [0.29, 0.717) is 11.4 Å². The monoisotopic (exact) mass is 245 g/mol. The molecular weight excluding hydrogens is 233 g/mol. The number of nitrogen functional groups attached to an aromatic ring is 1. The van der Waals surface area contributed by atoms with Crippen LogP contribution in [0.3, 0.4) is 0 Å². The number of aromatic nitrogens is 2. The summed E-state index contributed by atoms with van der Waals surface area (Å²) in [6.45, 7) is 0. The number of anilines is 2. The molecule has 0 saturated carbocycles. The fourth-order valence-electron chi connectivity index (χ4n) is 1.57. The van der Waals surface area contributed by atoms with Crippen LogP contribution in [0, 0.1) is 11.2 Å². The van der Waals surface area contributed by atoms with Crippen LogP contribution in [0.4, 0.5) is 15.9 Å². The van der Waals surface area contributed by atoms with Crippen LogP contribution in [0.1, 0.15) is 5.56 Å². The second-order valence-electron chi connectivity index (χ2n) is 3.72. The standard InChI is InChI=1S/C12H12FN5/c1-18(9-4-2-8(13)3-5-9)12-10(11(14)15)6-7-16-17-12/h2-7H,1H3,(H3,14,15). The minimum Gasteiger partial charge on any atom is -0.384 e. The Morgan fingerprint density at radius 2 is 1.94 bits per heavy atom. The van der Waals surface area contributed by atoms with Crippen molar-refractivity contribution in [3.8, 4) is 0 Å². The predicted molar refractivity (Wildman–Crippen MR) is 67.5 cm³/mol. The molecule has 18 heavy (non-hydrogen) atoms. The van der Waals surface area contributed by atoms with E-state index in [4.69, 9.17) is 11.1 Å². The molecular formula is C12H12FN5. The molecule has 2 rings (SSSR count). The SMILES string of the molecule is CN(c1ccc(F)cc1)c1nnccc1C(=N)N. The van der Waals surface area contributed by atoms with Gasteiger partial charge in [-0.15, -0.1) is 5.10 Å². The Morgan fingerprint density at radius 1 is 1.28 bits per heavy atom. The zero-order chi connectivity index (χ0) is 13.1. The van der Waals surface area contributed by atoms with Gasteiger partial charge < -0.3 is 10.6 Å². The highest BCUT2D eigenvalue weighted by Gasteiger charge is 2.13. The van der Waals surface area contributed by atoms with Crippen molar-refractivity contribution in [3.05, 3.63) is 47.9 Å². The molecule has 1 aromatic heterocycles. The number of amidine groups is 1. The third-order valence-electron chi connectivity index (χ3n) is 2.52. The van der Waals surface area contributed by atoms with Gasteiger partial charge in [0, 0.05) is 12.7 Å². The summed E-state index contributed by atoms with van der Waals surface area (Å²) < 4.78 is 12.9. The number of hydrogen-bond donors (Lipinski definition) is 2. The van der Waals surface area contributed by atoms with Crippen LogP contribution in [0.5, 0.6) is 0 Å². The number of nitrogens with one attached hydrogen (secondary N) is 1. The number of rotatable bonds is 3. The molecule has 0 radical (unpaired) electrons. The van der Waals surface area contributed by atoms with Crippen molar-refractivity contribution in [2.45, 2.75) is 0 Å². The van der Waals surface area contributed by atoms with E-state index in [9.17, 15) is 4.39 Å². The Balaban J connectivity index is 2.42. The molecule has 2 aromatic rings. The van der Waals surface area contributed by atoms with Crippen molar-refractivity contribution >= 4 is 17.3 Å². The van der Waals surface area contributed by atoms with Gasteiger partial charge in [0.25, 0.3) is 0 Å². The lowest BCUT2D eigenvalue weighted by Crippen LogP contribution is -2.20. The smallest absolute Gasteiger partial charge is 0.166 e. The molecule has 0 bridgehead atoms. The Kier molecular flexibility index (Phi) is 3.18. The minimum atomic E-state index is -0.307. The second kappa shape index (κ2) is 4.79. The molecule has 0 saturated heterocycles. The van der Waals surface area contributed by atoms with E-state index >= 15 is 0 Å². The molecule has 0 spiro atoms. The zero-order valence-corrected chi connectivity index (χ0v) is 9.76. The quantitative estimate of drug-likeness (QED) is 0.636. The molecule has 0 aliphatic rings. The summed E-state index contributed by atoms with van der Waals surface area (Å²) in [6.07, 6.45) is 1.47. The molecule has 1 heterocycles. The largest absolute Gasteiger partial charge is 0.384 e. The zero-order valence-electron chi connectivity index (χ0n) is 9.76. The first-order valence-corrected chi connectivity index (χ1v) is 5.25. The highest BCUT2D eigenvalue weighted by Crippen LogP contribution is 2.23. The van der Waals surface area contributed by atoms with E-state index in [0.717, 1.165) is 5.69 Å². The molecule has 92 valence electrons. The number of nitrogens with two attached hydrogens (primary N) is 1. The van der Waals surface area contributed by atoms with Crippen molar-refractivity contribution < 1.29 is 4.39 Å². The number of nitrogens with zero attached hydrogens (tertiary/aromatic N) is 3. The first-order chi connectivity index (χ1) is 8.59. The fourth-order valence-corrected chi connectivity index (χ4v) is 1.57. The Labute approximate surface area is 104 Å². The van der Waals surface area contributed by atoms with Gasteiger partial charge in [0.1, 0.15) is 11.7 Å². The third-order valence-corrected chi connectivity index (χ3v) is 2.52. The minimum absolute atomic E-state index is 0.0890. The molecule has 0 aliphatic heterocycles. The van der Waals surface area contributed by atoms with E-state index in [-0.39, 0.29) is 11.7 Å². The van der Waals surface area contributed by atoms with Crippen molar-refractivity contribution in [2.75, 3.05) is 11.9 Å². The highest BCUT2D eigenvalue weighted by atomic mass is 19.1. The third kappa shape index (κ3) is 2.27. The average Bonchev–Trinajstić information content (AvgIpc) is 2.39. The van der Waals surface area contributed by atoms with E-state index in [2.05, 4.69) is 10.2 Å². The van der Waals surface area contributed by atoms with Crippen LogP contribution in [-0.4, -0.2) is 23.1 Å². The predicted octanol–water partition coefficient (Wildman–Crippen LogP) is 1.67. The molecule has 0 amide bonds. The normalized spacial score (nSPS) is 10.1. The van der Waals surface area contributed by atoms with Crippen LogP contribution >= 0.6 is 0 Å². The molecule has 0 atom stereocenters. The molecule has 6 heteroatoms. The Hall–Kier alpha value is -2.50. The summed E-state index contributed by atoms with van der Waals surface area (Å²) in [5, 5.41) is 15.2. The van der Waals surface area contributed by atoms with Crippen LogP contribution < -0.4 is 10.6 Å². The highest BCUT2D eigenvalue weighted by molar-refractivity contribution is 6.00. The van der Waals surface area contributed by atoms with Crippen LogP contribution in [0.15, 0.2) is 36.5 Å². The lowest BCUT2D eigenvalue weighted by Gasteiger charge is -2.19. The molecule has 0 fully saturated rings. The summed E-state index contributed by atoms with van der Waals surface area (Å²) in [5.74, 6) is 0.0588. The van der Waals surface area contributed by atoms with E-state index in [1.54, 1.807) is 30.1 Å². The van der Waals surface area contributed by atoms with Gasteiger partial charge >= 0.3 is 0 Å². The maximum atomic E-state index is 12.9. The van der Waals surface area contributed by atoms with E-state index < -0.39 is 0 Å². The summed E-state index contributed by atoms with van der Waals surface area (Å²) in [5.41, 5.74) is 6.70. The topological polar surface area (TPSA) is 78.9 Å². The van der Waals surface area contributed by atoms with Crippen molar-refractivity contribution in [1.82, 2.24) is 10.2 Å². The van der Waals surface area contributed by atoms with Gasteiger partial charge in [0.05, 0.1) is 11.8 Å². The van der Waals surface area contributed by atoms with Crippen molar-refractivity contribution in [3.63, 3.8) is 0 Å². The maximum Gasteiger partial charge on any atom is 0.166 e. The molecule has 5 nitrogen and oxygen atoms in total. The lowest BCUT2D eigenvalue weighted by molar-refractivity contribution is 0.628. The summed E-state index contributed by atoms with van der Waals surface area (Å²) >= 11 is 0. The first-order valence-electron chi connectivity index (χ1n) is 5.25. The van der Waals surface area contributed by atoms with E-state index in [1.807, 2.05) is 0 Å². The van der Waals surface area contributed by atoms with Gasteiger partial charge in [-0.1, -0.05) is 0 Å². The molecule has 0 aliphatic carbocycles. The van der Waals surface area contributed by atoms with Gasteiger partial charge in [-0.2, -0.15) is 5.10 Å². The van der Waals surface area contributed by atoms with Crippen molar-refractivity contribution in [2.24, 2.45) is 5.73 Å². The summed E-state index contributed by atoms with van der Waals surface area (Å²) in [6, 6.07) is 7.57. The molecule has 3 N–H and O–H groups in total. The van der Waals surface area contributed by atoms with Gasteiger partial charge in [0.15, 0.2) is 5.82 Å². The molecule has 0 unspecified atom stereocenters. The van der Waals surface area contributed by atoms with Crippen molar-refractivity contribution in [1.29, 1.82) is 5.41 Å². The summed E-state index contributed by atoms with van der Waals surface area (Å²) in [7, 11) is 1.75.